The third-order valence-corrected chi connectivity index (χ3v) is 8.71. The largest absolute Gasteiger partial charge is 0.454 e. The molecule has 0 atom stereocenters. The molecule has 1 aliphatic heterocycles. The van der Waals surface area contributed by atoms with Crippen molar-refractivity contribution in [3.8, 4) is 5.82 Å². The number of para-hydroxylation sites is 3. The highest BCUT2D eigenvalue weighted by Crippen LogP contribution is 2.44. The maximum atomic E-state index is 6.60. The lowest BCUT2D eigenvalue weighted by Crippen LogP contribution is -2.21. The van der Waals surface area contributed by atoms with Crippen molar-refractivity contribution in [2.24, 2.45) is 0 Å². The smallest absolute Gasteiger partial charge is 0.159 e. The highest BCUT2D eigenvalue weighted by molar-refractivity contribution is 6.12. The summed E-state index contributed by atoms with van der Waals surface area (Å²) >= 11 is 0. The van der Waals surface area contributed by atoms with Crippen molar-refractivity contribution in [2.45, 2.75) is 0 Å². The first-order chi connectivity index (χ1) is 22.2. The second-order valence-electron chi connectivity index (χ2n) is 11.5. The van der Waals surface area contributed by atoms with Crippen LogP contribution in [0.3, 0.4) is 0 Å². The maximum Gasteiger partial charge on any atom is 0.159 e. The first kappa shape index (κ1) is 25.5. The quantitative estimate of drug-likeness (QED) is 0.202. The summed E-state index contributed by atoms with van der Waals surface area (Å²) in [5.74, 6) is 0.888. The van der Waals surface area contributed by atoms with Crippen LogP contribution >= 0.6 is 0 Å². The number of rotatable bonds is 5. The third-order valence-electron chi connectivity index (χ3n) is 8.71. The fourth-order valence-corrected chi connectivity index (χ4v) is 6.67. The zero-order chi connectivity index (χ0) is 29.9. The molecule has 0 fully saturated rings. The van der Waals surface area contributed by atoms with E-state index < -0.39 is 0 Å². The number of pyridine rings is 1. The number of fused-ring (bicyclic) bond motifs is 6. The summed E-state index contributed by atoms with van der Waals surface area (Å²) < 4.78 is 8.85. The predicted molar refractivity (Wildman–Crippen MR) is 185 cm³/mol. The molecule has 0 aliphatic carbocycles. The number of hydrogen-bond acceptors (Lipinski definition) is 5. The van der Waals surface area contributed by atoms with Gasteiger partial charge in [-0.3, -0.25) is 4.57 Å². The van der Waals surface area contributed by atoms with Gasteiger partial charge in [0.25, 0.3) is 0 Å². The first-order valence-corrected chi connectivity index (χ1v) is 15.1. The van der Waals surface area contributed by atoms with Crippen molar-refractivity contribution in [3.63, 3.8) is 0 Å². The topological polar surface area (TPSA) is 40.7 Å². The van der Waals surface area contributed by atoms with Gasteiger partial charge in [0.2, 0.25) is 0 Å². The maximum absolute atomic E-state index is 6.60. The van der Waals surface area contributed by atoms with E-state index >= 15 is 0 Å². The SMILES string of the molecule is CN1C=CN(c2cccc(N(c3ccc4c5ccccc5n(-c5ccccn5)c4c3)c3cccc4c3oc3ccccc34)c2)C1. The molecule has 0 spiro atoms. The molecule has 0 saturated carbocycles. The average molecular weight is 584 g/mol. The van der Waals surface area contributed by atoms with Crippen LogP contribution < -0.4 is 9.80 Å². The Morgan fingerprint density at radius 3 is 2.29 bits per heavy atom. The van der Waals surface area contributed by atoms with Gasteiger partial charge in [-0.25, -0.2) is 4.98 Å². The van der Waals surface area contributed by atoms with E-state index in [2.05, 4.69) is 142 Å². The summed E-state index contributed by atoms with van der Waals surface area (Å²) in [7, 11) is 2.09. The van der Waals surface area contributed by atoms with Crippen molar-refractivity contribution >= 4 is 66.5 Å². The monoisotopic (exact) mass is 583 g/mol. The Hall–Kier alpha value is -6.01. The van der Waals surface area contributed by atoms with Crippen LogP contribution in [0.15, 0.2) is 150 Å². The van der Waals surface area contributed by atoms with E-state index in [4.69, 9.17) is 9.40 Å². The van der Waals surface area contributed by atoms with Crippen LogP contribution in [0.5, 0.6) is 0 Å². The molecule has 9 rings (SSSR count). The minimum absolute atomic E-state index is 0.804. The second kappa shape index (κ2) is 10.0. The fourth-order valence-electron chi connectivity index (χ4n) is 6.67. The van der Waals surface area contributed by atoms with Crippen LogP contribution in [-0.4, -0.2) is 28.2 Å². The molecule has 6 nitrogen and oxygen atoms in total. The van der Waals surface area contributed by atoms with E-state index in [0.29, 0.717) is 0 Å². The molecule has 6 heteroatoms. The van der Waals surface area contributed by atoms with E-state index in [1.165, 1.54) is 10.8 Å². The molecule has 8 aromatic rings. The normalized spacial score (nSPS) is 13.2. The minimum Gasteiger partial charge on any atom is -0.454 e. The Morgan fingerprint density at radius 1 is 0.644 bits per heavy atom. The number of aromatic nitrogens is 2. The van der Waals surface area contributed by atoms with E-state index in [0.717, 1.165) is 68.2 Å². The third kappa shape index (κ3) is 4.07. The molecule has 3 aromatic heterocycles. The molecule has 0 bridgehead atoms. The van der Waals surface area contributed by atoms with Gasteiger partial charge in [0, 0.05) is 64.3 Å². The molecule has 1 aliphatic rings. The van der Waals surface area contributed by atoms with Gasteiger partial charge in [-0.15, -0.1) is 0 Å². The molecule has 0 radical (unpaired) electrons. The molecule has 4 heterocycles. The zero-order valence-corrected chi connectivity index (χ0v) is 24.7. The summed E-state index contributed by atoms with van der Waals surface area (Å²) in [6.07, 6.45) is 6.08. The molecule has 216 valence electrons. The number of hydrogen-bond donors (Lipinski definition) is 0. The van der Waals surface area contributed by atoms with Gasteiger partial charge in [-0.1, -0.05) is 66.7 Å². The van der Waals surface area contributed by atoms with E-state index in [-0.39, 0.29) is 0 Å². The van der Waals surface area contributed by atoms with Crippen LogP contribution in [-0.2, 0) is 0 Å². The van der Waals surface area contributed by atoms with Crippen molar-refractivity contribution in [2.75, 3.05) is 23.5 Å². The van der Waals surface area contributed by atoms with Crippen molar-refractivity contribution < 1.29 is 4.42 Å². The first-order valence-electron chi connectivity index (χ1n) is 15.1. The van der Waals surface area contributed by atoms with E-state index in [9.17, 15) is 0 Å². The summed E-state index contributed by atoms with van der Waals surface area (Å²) in [5.41, 5.74) is 8.13. The summed E-state index contributed by atoms with van der Waals surface area (Å²) in [6, 6.07) is 44.7. The Kier molecular flexibility index (Phi) is 5.68. The molecule has 45 heavy (non-hydrogen) atoms. The van der Waals surface area contributed by atoms with Gasteiger partial charge in [0.1, 0.15) is 11.4 Å². The van der Waals surface area contributed by atoms with Gasteiger partial charge in [-0.05, 0) is 60.7 Å². The highest BCUT2D eigenvalue weighted by Gasteiger charge is 2.22. The lowest BCUT2D eigenvalue weighted by Gasteiger charge is -2.27. The van der Waals surface area contributed by atoms with Crippen LogP contribution in [0.2, 0.25) is 0 Å². The molecule has 0 saturated heterocycles. The van der Waals surface area contributed by atoms with Crippen LogP contribution in [0, 0.1) is 0 Å². The molecule has 0 amide bonds. The minimum atomic E-state index is 0.804. The Bertz CT molecular complexity index is 2400. The van der Waals surface area contributed by atoms with Gasteiger partial charge >= 0.3 is 0 Å². The summed E-state index contributed by atoms with van der Waals surface area (Å²) in [4.78, 5) is 11.5. The van der Waals surface area contributed by atoms with Crippen molar-refractivity contribution in [3.05, 3.63) is 146 Å². The van der Waals surface area contributed by atoms with Crippen LogP contribution in [0.1, 0.15) is 0 Å². The Labute approximate surface area is 260 Å². The molecular formula is C39H29N5O. The number of furan rings is 1. The van der Waals surface area contributed by atoms with Crippen molar-refractivity contribution in [1.82, 2.24) is 14.5 Å². The number of benzene rings is 5. The number of anilines is 4. The van der Waals surface area contributed by atoms with E-state index in [1.54, 1.807) is 0 Å². The highest BCUT2D eigenvalue weighted by atomic mass is 16.3. The average Bonchev–Trinajstić information content (AvgIpc) is 3.79. The standard InChI is InChI=1S/C39H29N5O/c1-41-22-23-42(26-41)27-10-8-11-28(24-27)43(35-16-9-14-33-32-13-3-5-17-37(32)45-39(33)35)29-19-20-31-30-12-2-4-15-34(30)44(36(31)25-29)38-18-6-7-21-40-38/h2-25H,26H2,1H3. The molecule has 0 unspecified atom stereocenters. The van der Waals surface area contributed by atoms with E-state index in [1.807, 2.05) is 30.5 Å². The number of nitrogens with zero attached hydrogens (tertiary/aromatic N) is 5. The van der Waals surface area contributed by atoms with Crippen molar-refractivity contribution in [1.29, 1.82) is 0 Å². The predicted octanol–water partition coefficient (Wildman–Crippen LogP) is 9.73. The Balaban J connectivity index is 1.32. The molecular weight excluding hydrogens is 554 g/mol. The lowest BCUT2D eigenvalue weighted by atomic mass is 10.1. The zero-order valence-electron chi connectivity index (χ0n) is 24.7. The van der Waals surface area contributed by atoms with Crippen LogP contribution in [0.4, 0.5) is 22.7 Å². The molecule has 0 N–H and O–H groups in total. The second-order valence-corrected chi connectivity index (χ2v) is 11.5. The van der Waals surface area contributed by atoms with Gasteiger partial charge in [-0.2, -0.15) is 0 Å². The fraction of sp³-hybridized carbons (Fsp3) is 0.0513. The Morgan fingerprint density at radius 2 is 1.42 bits per heavy atom. The van der Waals surface area contributed by atoms with Gasteiger partial charge in [0.05, 0.1) is 23.4 Å². The summed E-state index contributed by atoms with van der Waals surface area (Å²) in [5, 5.41) is 4.58. The summed E-state index contributed by atoms with van der Waals surface area (Å²) in [6.45, 7) is 0.804. The van der Waals surface area contributed by atoms with Gasteiger partial charge < -0.3 is 19.1 Å². The van der Waals surface area contributed by atoms with Crippen LogP contribution in [0.25, 0.3) is 49.6 Å². The lowest BCUT2D eigenvalue weighted by molar-refractivity contribution is 0.496. The molecule has 5 aromatic carbocycles. The van der Waals surface area contributed by atoms with Gasteiger partial charge in [0.15, 0.2) is 5.58 Å².